The van der Waals surface area contributed by atoms with Crippen LogP contribution in [0.3, 0.4) is 0 Å². The highest BCUT2D eigenvalue weighted by Crippen LogP contribution is 2.38. The van der Waals surface area contributed by atoms with Gasteiger partial charge in [0, 0.05) is 31.0 Å². The van der Waals surface area contributed by atoms with Crippen molar-refractivity contribution in [2.24, 2.45) is 0 Å². The van der Waals surface area contributed by atoms with E-state index in [-0.39, 0.29) is 5.91 Å². The van der Waals surface area contributed by atoms with Crippen molar-refractivity contribution in [2.45, 2.75) is 32.2 Å². The Morgan fingerprint density at radius 1 is 1.13 bits per heavy atom. The molecule has 1 saturated heterocycles. The number of rotatable bonds is 2. The number of fused-ring (bicyclic) bond motifs is 1. The third-order valence-corrected chi connectivity index (χ3v) is 4.85. The van der Waals surface area contributed by atoms with Crippen molar-refractivity contribution >= 4 is 17.4 Å². The van der Waals surface area contributed by atoms with Gasteiger partial charge in [-0.15, -0.1) is 0 Å². The van der Waals surface area contributed by atoms with Gasteiger partial charge in [0.15, 0.2) is 0 Å². The van der Waals surface area contributed by atoms with Crippen molar-refractivity contribution < 1.29 is 4.79 Å². The Bertz CT molecular complexity index is 737. The topological polar surface area (TPSA) is 36.4 Å². The Morgan fingerprint density at radius 2 is 1.91 bits per heavy atom. The lowest BCUT2D eigenvalue weighted by Gasteiger charge is -2.27. The molecule has 0 N–H and O–H groups in total. The molecule has 1 aromatic carbocycles. The van der Waals surface area contributed by atoms with Crippen LogP contribution < -0.4 is 4.90 Å². The number of carbonyl (C=O) groups is 1. The summed E-state index contributed by atoms with van der Waals surface area (Å²) >= 11 is 0. The summed E-state index contributed by atoms with van der Waals surface area (Å²) in [6.45, 7) is 3.91. The monoisotopic (exact) mass is 307 g/mol. The maximum Gasteiger partial charge on any atom is 0.257 e. The Balaban J connectivity index is 1.76. The van der Waals surface area contributed by atoms with Crippen LogP contribution in [0.25, 0.3) is 0 Å². The molecule has 1 aromatic heterocycles. The summed E-state index contributed by atoms with van der Waals surface area (Å²) in [7, 11) is 0. The maximum absolute atomic E-state index is 12.9. The molecule has 2 aliphatic heterocycles. The highest BCUT2D eigenvalue weighted by molar-refractivity contribution is 6.00. The number of para-hydroxylation sites is 1. The van der Waals surface area contributed by atoms with Crippen molar-refractivity contribution in [2.75, 3.05) is 18.0 Å². The molecular formula is C19H21N3O. The molecule has 4 rings (SSSR count). The van der Waals surface area contributed by atoms with Crippen molar-refractivity contribution in [3.8, 4) is 0 Å². The highest BCUT2D eigenvalue weighted by Gasteiger charge is 2.32. The van der Waals surface area contributed by atoms with E-state index in [1.54, 1.807) is 6.20 Å². The van der Waals surface area contributed by atoms with E-state index in [0.29, 0.717) is 6.04 Å². The minimum Gasteiger partial charge on any atom is -0.339 e. The zero-order chi connectivity index (χ0) is 15.8. The van der Waals surface area contributed by atoms with E-state index in [1.165, 1.54) is 11.3 Å². The van der Waals surface area contributed by atoms with E-state index < -0.39 is 0 Å². The number of pyridine rings is 1. The summed E-state index contributed by atoms with van der Waals surface area (Å²) in [5.41, 5.74) is 3.22. The second kappa shape index (κ2) is 5.69. The summed E-state index contributed by atoms with van der Waals surface area (Å²) < 4.78 is 0. The van der Waals surface area contributed by atoms with Crippen LogP contribution in [0.2, 0.25) is 0 Å². The van der Waals surface area contributed by atoms with Gasteiger partial charge in [0.2, 0.25) is 0 Å². The Morgan fingerprint density at radius 3 is 2.74 bits per heavy atom. The minimum atomic E-state index is 0.113. The average Bonchev–Trinajstić information content (AvgIpc) is 3.21. The van der Waals surface area contributed by atoms with Crippen LogP contribution in [-0.4, -0.2) is 34.9 Å². The Hall–Kier alpha value is -2.36. The number of benzene rings is 1. The number of hydrogen-bond acceptors (Lipinski definition) is 3. The van der Waals surface area contributed by atoms with Gasteiger partial charge in [-0.2, -0.15) is 0 Å². The average molecular weight is 307 g/mol. The number of anilines is 2. The molecule has 0 aliphatic carbocycles. The number of hydrogen-bond donors (Lipinski definition) is 0. The SMILES string of the molecule is CC1Cc2ccccc2N1c1ncccc1C(=O)N1CCCC1. The second-order valence-electron chi connectivity index (χ2n) is 6.43. The zero-order valence-electron chi connectivity index (χ0n) is 13.4. The minimum absolute atomic E-state index is 0.113. The number of likely N-dealkylation sites (tertiary alicyclic amines) is 1. The van der Waals surface area contributed by atoms with Gasteiger partial charge in [-0.05, 0) is 49.9 Å². The van der Waals surface area contributed by atoms with E-state index in [9.17, 15) is 4.79 Å². The lowest BCUT2D eigenvalue weighted by Crippen LogP contribution is -2.32. The quantitative estimate of drug-likeness (QED) is 0.853. The molecule has 0 bridgehead atoms. The summed E-state index contributed by atoms with van der Waals surface area (Å²) in [6, 6.07) is 12.5. The first-order chi connectivity index (χ1) is 11.3. The van der Waals surface area contributed by atoms with E-state index in [4.69, 9.17) is 0 Å². The van der Waals surface area contributed by atoms with Crippen LogP contribution in [0, 0.1) is 0 Å². The van der Waals surface area contributed by atoms with Crippen LogP contribution in [0.1, 0.15) is 35.7 Å². The summed E-state index contributed by atoms with van der Waals surface area (Å²) in [6.07, 6.45) is 4.97. The van der Waals surface area contributed by atoms with E-state index in [1.807, 2.05) is 17.0 Å². The fourth-order valence-electron chi connectivity index (χ4n) is 3.73. The number of carbonyl (C=O) groups excluding carboxylic acids is 1. The van der Waals surface area contributed by atoms with Crippen LogP contribution in [-0.2, 0) is 6.42 Å². The van der Waals surface area contributed by atoms with Gasteiger partial charge in [0.1, 0.15) is 5.82 Å². The molecule has 0 radical (unpaired) electrons. The molecule has 23 heavy (non-hydrogen) atoms. The van der Waals surface area contributed by atoms with Gasteiger partial charge < -0.3 is 9.80 Å². The molecule has 1 amide bonds. The molecule has 2 aliphatic rings. The molecule has 0 spiro atoms. The highest BCUT2D eigenvalue weighted by atomic mass is 16.2. The van der Waals surface area contributed by atoms with Gasteiger partial charge in [0.25, 0.3) is 5.91 Å². The maximum atomic E-state index is 12.9. The van der Waals surface area contributed by atoms with Crippen LogP contribution >= 0.6 is 0 Å². The van der Waals surface area contributed by atoms with Crippen molar-refractivity contribution in [1.29, 1.82) is 0 Å². The molecule has 2 aromatic rings. The Kier molecular flexibility index (Phi) is 3.52. The molecule has 1 fully saturated rings. The summed E-state index contributed by atoms with van der Waals surface area (Å²) in [5.74, 6) is 0.907. The molecule has 3 heterocycles. The third-order valence-electron chi connectivity index (χ3n) is 4.85. The zero-order valence-corrected chi connectivity index (χ0v) is 13.4. The number of aromatic nitrogens is 1. The Labute approximate surface area is 136 Å². The van der Waals surface area contributed by atoms with Crippen molar-refractivity contribution in [3.63, 3.8) is 0 Å². The lowest BCUT2D eigenvalue weighted by molar-refractivity contribution is 0.0793. The first-order valence-electron chi connectivity index (χ1n) is 8.37. The standard InChI is InChI=1S/C19H21N3O/c1-14-13-15-7-2-3-9-17(15)22(14)18-16(8-6-10-20-18)19(23)21-11-4-5-12-21/h2-3,6-10,14H,4-5,11-13H2,1H3. The van der Waals surface area contributed by atoms with Gasteiger partial charge in [0.05, 0.1) is 5.56 Å². The first kappa shape index (κ1) is 14.2. The molecule has 0 saturated carbocycles. The van der Waals surface area contributed by atoms with Gasteiger partial charge in [-0.1, -0.05) is 18.2 Å². The first-order valence-corrected chi connectivity index (χ1v) is 8.37. The third kappa shape index (κ3) is 2.38. The smallest absolute Gasteiger partial charge is 0.257 e. The predicted octanol–water partition coefficient (Wildman–Crippen LogP) is 3.40. The lowest BCUT2D eigenvalue weighted by atomic mass is 10.1. The van der Waals surface area contributed by atoms with E-state index in [2.05, 4.69) is 41.1 Å². The molecular weight excluding hydrogens is 286 g/mol. The van der Waals surface area contributed by atoms with E-state index >= 15 is 0 Å². The molecule has 4 heteroatoms. The molecule has 1 atom stereocenters. The summed E-state index contributed by atoms with van der Waals surface area (Å²) in [4.78, 5) is 21.7. The molecule has 4 nitrogen and oxygen atoms in total. The van der Waals surface area contributed by atoms with Gasteiger partial charge >= 0.3 is 0 Å². The number of nitrogens with zero attached hydrogens (tertiary/aromatic N) is 3. The normalized spacial score (nSPS) is 20.0. The second-order valence-corrected chi connectivity index (χ2v) is 6.43. The van der Waals surface area contributed by atoms with Gasteiger partial charge in [-0.3, -0.25) is 4.79 Å². The largest absolute Gasteiger partial charge is 0.339 e. The fraction of sp³-hybridized carbons (Fsp3) is 0.368. The van der Waals surface area contributed by atoms with Crippen molar-refractivity contribution in [3.05, 3.63) is 53.7 Å². The fourth-order valence-corrected chi connectivity index (χ4v) is 3.73. The predicted molar refractivity (Wildman–Crippen MR) is 91.1 cm³/mol. The van der Waals surface area contributed by atoms with Gasteiger partial charge in [-0.25, -0.2) is 4.98 Å². The summed E-state index contributed by atoms with van der Waals surface area (Å²) in [5, 5.41) is 0. The van der Waals surface area contributed by atoms with Crippen LogP contribution in [0.15, 0.2) is 42.6 Å². The number of amides is 1. The van der Waals surface area contributed by atoms with E-state index in [0.717, 1.165) is 43.7 Å². The molecule has 1 unspecified atom stereocenters. The van der Waals surface area contributed by atoms with Crippen molar-refractivity contribution in [1.82, 2.24) is 9.88 Å². The molecule has 118 valence electrons. The van der Waals surface area contributed by atoms with Crippen LogP contribution in [0.5, 0.6) is 0 Å². The van der Waals surface area contributed by atoms with Crippen LogP contribution in [0.4, 0.5) is 11.5 Å².